The third-order valence-electron chi connectivity index (χ3n) is 2.74. The summed E-state index contributed by atoms with van der Waals surface area (Å²) in [7, 11) is 0. The van der Waals surface area contributed by atoms with Crippen LogP contribution in [-0.4, -0.2) is 36.9 Å². The molecule has 0 aromatic carbocycles. The van der Waals surface area contributed by atoms with Crippen molar-refractivity contribution >= 4 is 6.09 Å². The Balaban J connectivity index is 2.46. The van der Waals surface area contributed by atoms with Crippen LogP contribution in [0.15, 0.2) is 0 Å². The number of likely N-dealkylation sites (tertiary alicyclic amines) is 1. The maximum absolute atomic E-state index is 11.8. The maximum atomic E-state index is 11.8. The minimum Gasteiger partial charge on any atom is -0.440 e. The van der Waals surface area contributed by atoms with Gasteiger partial charge in [-0.05, 0) is 12.3 Å². The topological polar surface area (TPSA) is 53.3 Å². The summed E-state index contributed by atoms with van der Waals surface area (Å²) < 4.78 is 39.6. The fraction of sp³-hybridized carbons (Fsp3) is 0.800. The molecule has 0 bridgehead atoms. The Kier molecular flexibility index (Phi) is 4.21. The van der Waals surface area contributed by atoms with Gasteiger partial charge in [0.25, 0.3) is 0 Å². The molecule has 2 unspecified atom stereocenters. The van der Waals surface area contributed by atoms with Gasteiger partial charge in [0.15, 0.2) is 6.61 Å². The zero-order chi connectivity index (χ0) is 13.1. The number of nitrogens with zero attached hydrogens (tertiary/aromatic N) is 2. The van der Waals surface area contributed by atoms with Gasteiger partial charge < -0.3 is 9.64 Å². The van der Waals surface area contributed by atoms with Crippen LogP contribution < -0.4 is 0 Å². The van der Waals surface area contributed by atoms with Crippen molar-refractivity contribution in [3.63, 3.8) is 0 Å². The average Bonchev–Trinajstić information content (AvgIpc) is 2.25. The standard InChI is InChI=1S/C10H13F3N2O2/c1-7-2-3-15(5-8(7)4-14)9(16)17-6-10(11,12)13/h7-8H,2-3,5-6H2,1H3. The zero-order valence-corrected chi connectivity index (χ0v) is 9.33. The van der Waals surface area contributed by atoms with E-state index in [4.69, 9.17) is 5.26 Å². The van der Waals surface area contributed by atoms with E-state index in [1.165, 1.54) is 0 Å². The molecule has 17 heavy (non-hydrogen) atoms. The smallest absolute Gasteiger partial charge is 0.422 e. The highest BCUT2D eigenvalue weighted by Gasteiger charge is 2.33. The molecule has 1 rings (SSSR count). The molecule has 7 heteroatoms. The lowest BCUT2D eigenvalue weighted by Gasteiger charge is -2.32. The molecule has 0 aromatic rings. The molecule has 0 aromatic heterocycles. The predicted octanol–water partition coefficient (Wildman–Crippen LogP) is 2.17. The van der Waals surface area contributed by atoms with Crippen LogP contribution in [0.3, 0.4) is 0 Å². The molecule has 1 amide bonds. The van der Waals surface area contributed by atoms with Crippen LogP contribution in [0.25, 0.3) is 0 Å². The quantitative estimate of drug-likeness (QED) is 0.716. The molecule has 0 N–H and O–H groups in total. The summed E-state index contributed by atoms with van der Waals surface area (Å²) in [4.78, 5) is 12.5. The van der Waals surface area contributed by atoms with Gasteiger partial charge in [-0.15, -0.1) is 0 Å². The fourth-order valence-corrected chi connectivity index (χ4v) is 1.64. The first-order chi connectivity index (χ1) is 7.83. The number of piperidine rings is 1. The summed E-state index contributed by atoms with van der Waals surface area (Å²) in [5, 5.41) is 8.81. The number of hydrogen-bond donors (Lipinski definition) is 0. The Morgan fingerprint density at radius 1 is 1.59 bits per heavy atom. The van der Waals surface area contributed by atoms with Crippen LogP contribution in [-0.2, 0) is 4.74 Å². The number of alkyl halides is 3. The second kappa shape index (κ2) is 5.25. The summed E-state index contributed by atoms with van der Waals surface area (Å²) in [5.74, 6) is -0.200. The number of carbonyl (C=O) groups is 1. The second-order valence-corrected chi connectivity index (χ2v) is 4.12. The van der Waals surface area contributed by atoms with Crippen molar-refractivity contribution in [3.8, 4) is 6.07 Å². The first-order valence-electron chi connectivity index (χ1n) is 5.21. The van der Waals surface area contributed by atoms with E-state index in [1.54, 1.807) is 0 Å². The zero-order valence-electron chi connectivity index (χ0n) is 9.33. The Hall–Kier alpha value is -1.45. The lowest BCUT2D eigenvalue weighted by molar-refractivity contribution is -0.162. The van der Waals surface area contributed by atoms with Crippen LogP contribution >= 0.6 is 0 Å². The fourth-order valence-electron chi connectivity index (χ4n) is 1.64. The molecule has 0 spiro atoms. The van der Waals surface area contributed by atoms with Crippen LogP contribution in [0.1, 0.15) is 13.3 Å². The molecule has 0 radical (unpaired) electrons. The number of carbonyl (C=O) groups excluding carboxylic acids is 1. The molecular weight excluding hydrogens is 237 g/mol. The van der Waals surface area contributed by atoms with Crippen LogP contribution in [0.5, 0.6) is 0 Å². The van der Waals surface area contributed by atoms with Gasteiger partial charge in [0.1, 0.15) is 0 Å². The highest BCUT2D eigenvalue weighted by molar-refractivity contribution is 5.67. The van der Waals surface area contributed by atoms with E-state index >= 15 is 0 Å². The van der Waals surface area contributed by atoms with E-state index in [0.29, 0.717) is 13.0 Å². The van der Waals surface area contributed by atoms with Crippen molar-refractivity contribution < 1.29 is 22.7 Å². The number of hydrogen-bond acceptors (Lipinski definition) is 3. The Morgan fingerprint density at radius 3 is 2.76 bits per heavy atom. The summed E-state index contributed by atoms with van der Waals surface area (Å²) in [6, 6.07) is 2.04. The molecule has 1 aliphatic heterocycles. The van der Waals surface area contributed by atoms with Gasteiger partial charge in [-0.1, -0.05) is 6.92 Å². The van der Waals surface area contributed by atoms with Gasteiger partial charge >= 0.3 is 12.3 Å². The van der Waals surface area contributed by atoms with Crippen molar-refractivity contribution in [2.24, 2.45) is 11.8 Å². The van der Waals surface area contributed by atoms with E-state index in [1.807, 2.05) is 13.0 Å². The molecule has 96 valence electrons. The molecule has 0 saturated carbocycles. The van der Waals surface area contributed by atoms with Crippen molar-refractivity contribution in [2.75, 3.05) is 19.7 Å². The minimum atomic E-state index is -4.52. The molecule has 4 nitrogen and oxygen atoms in total. The molecule has 1 saturated heterocycles. The summed E-state index contributed by atoms with van der Waals surface area (Å²) >= 11 is 0. The van der Waals surface area contributed by atoms with Crippen LogP contribution in [0.4, 0.5) is 18.0 Å². The van der Waals surface area contributed by atoms with Crippen molar-refractivity contribution in [2.45, 2.75) is 19.5 Å². The van der Waals surface area contributed by atoms with Gasteiger partial charge in [0.05, 0.1) is 12.0 Å². The van der Waals surface area contributed by atoms with E-state index in [2.05, 4.69) is 4.74 Å². The highest BCUT2D eigenvalue weighted by atomic mass is 19.4. The van der Waals surface area contributed by atoms with Crippen LogP contribution in [0.2, 0.25) is 0 Å². The lowest BCUT2D eigenvalue weighted by atomic mass is 9.88. The van der Waals surface area contributed by atoms with Gasteiger partial charge in [-0.2, -0.15) is 18.4 Å². The SMILES string of the molecule is CC1CCN(C(=O)OCC(F)(F)F)CC1C#N. The van der Waals surface area contributed by atoms with Crippen molar-refractivity contribution in [3.05, 3.63) is 0 Å². The Bertz CT molecular complexity index is 324. The van der Waals surface area contributed by atoms with Crippen LogP contribution in [0, 0.1) is 23.2 Å². The van der Waals surface area contributed by atoms with E-state index < -0.39 is 18.9 Å². The van der Waals surface area contributed by atoms with E-state index in [0.717, 1.165) is 4.90 Å². The Labute approximate surface area is 96.9 Å². The lowest BCUT2D eigenvalue weighted by Crippen LogP contribution is -2.43. The predicted molar refractivity (Wildman–Crippen MR) is 51.9 cm³/mol. The molecule has 1 heterocycles. The Morgan fingerprint density at radius 2 is 2.24 bits per heavy atom. The maximum Gasteiger partial charge on any atom is 0.422 e. The van der Waals surface area contributed by atoms with Gasteiger partial charge in [-0.3, -0.25) is 0 Å². The van der Waals surface area contributed by atoms with E-state index in [9.17, 15) is 18.0 Å². The largest absolute Gasteiger partial charge is 0.440 e. The molecular formula is C10H13F3N2O2. The average molecular weight is 250 g/mol. The first-order valence-corrected chi connectivity index (χ1v) is 5.21. The number of amides is 1. The number of rotatable bonds is 1. The van der Waals surface area contributed by atoms with Gasteiger partial charge in [0, 0.05) is 13.1 Å². The van der Waals surface area contributed by atoms with Crippen molar-refractivity contribution in [1.82, 2.24) is 4.90 Å². The molecule has 1 fully saturated rings. The molecule has 2 atom stereocenters. The van der Waals surface area contributed by atoms with Crippen molar-refractivity contribution in [1.29, 1.82) is 5.26 Å². The first kappa shape index (κ1) is 13.6. The number of nitriles is 1. The van der Waals surface area contributed by atoms with E-state index in [-0.39, 0.29) is 18.4 Å². The minimum absolute atomic E-state index is 0.133. The summed E-state index contributed by atoms with van der Waals surface area (Å²) in [5.41, 5.74) is 0. The van der Waals surface area contributed by atoms with Gasteiger partial charge in [-0.25, -0.2) is 4.79 Å². The normalized spacial score (nSPS) is 25.2. The second-order valence-electron chi connectivity index (χ2n) is 4.12. The third kappa shape index (κ3) is 4.13. The van der Waals surface area contributed by atoms with Gasteiger partial charge in [0.2, 0.25) is 0 Å². The molecule has 1 aliphatic rings. The third-order valence-corrected chi connectivity index (χ3v) is 2.74. The highest BCUT2D eigenvalue weighted by Crippen LogP contribution is 2.23. The molecule has 0 aliphatic carbocycles. The summed E-state index contributed by atoms with van der Waals surface area (Å²) in [6.45, 7) is 0.756. The number of halogens is 3. The monoisotopic (exact) mass is 250 g/mol. The number of ether oxygens (including phenoxy) is 1. The summed E-state index contributed by atoms with van der Waals surface area (Å²) in [6.07, 6.45) is -4.93.